The largest absolute Gasteiger partial charge is 0.450 e. The number of aromatic nitrogens is 1. The number of ether oxygens (including phenoxy) is 1. The van der Waals surface area contributed by atoms with Gasteiger partial charge in [0, 0.05) is 12.4 Å². The Morgan fingerprint density at radius 3 is 2.67 bits per heavy atom. The molecule has 0 unspecified atom stereocenters. The number of nitrogens with zero attached hydrogens (tertiary/aromatic N) is 2. The van der Waals surface area contributed by atoms with Gasteiger partial charge in [0.1, 0.15) is 18.7 Å². The Kier molecular flexibility index (Phi) is 4.84. The molecule has 0 aliphatic carbocycles. The summed E-state index contributed by atoms with van der Waals surface area (Å²) in [5, 5.41) is 0.515. The summed E-state index contributed by atoms with van der Waals surface area (Å²) in [5.41, 5.74) is 2.60. The molecule has 0 bridgehead atoms. The molecule has 5 rings (SSSR count). The maximum atomic E-state index is 13.5. The molecule has 2 aliphatic heterocycles. The molecule has 2 aliphatic rings. The van der Waals surface area contributed by atoms with Crippen molar-refractivity contribution in [1.82, 2.24) is 9.88 Å². The highest BCUT2D eigenvalue weighted by atomic mass is 16.5. The van der Waals surface area contributed by atoms with Crippen molar-refractivity contribution < 1.29 is 18.8 Å². The molecule has 7 heteroatoms. The molecule has 2 aromatic heterocycles. The summed E-state index contributed by atoms with van der Waals surface area (Å²) < 4.78 is 11.4. The lowest BCUT2D eigenvalue weighted by Gasteiger charge is -2.29. The molecule has 3 aromatic rings. The van der Waals surface area contributed by atoms with Crippen LogP contribution in [0.5, 0.6) is 0 Å². The van der Waals surface area contributed by atoms with Crippen LogP contribution < -0.4 is 10.3 Å². The third kappa shape index (κ3) is 3.20. The van der Waals surface area contributed by atoms with Crippen LogP contribution in [0.1, 0.15) is 33.3 Å². The lowest BCUT2D eigenvalue weighted by molar-refractivity contribution is -0.907. The average molecular weight is 406 g/mol. The predicted octanol–water partition coefficient (Wildman–Crippen LogP) is 0.957. The van der Waals surface area contributed by atoms with Crippen LogP contribution in [-0.4, -0.2) is 55.2 Å². The van der Waals surface area contributed by atoms with E-state index in [9.17, 15) is 9.59 Å². The number of nitrogens with one attached hydrogen (secondary N) is 1. The minimum atomic E-state index is -0.461. The SMILES string of the molecule is Cc1ccc2oc3c(c(=O)c2c1)[C@H](c1ccncc1)N(CC[NH+]1CCOCC1)C3=O. The van der Waals surface area contributed by atoms with Crippen LogP contribution in [0, 0.1) is 6.92 Å². The van der Waals surface area contributed by atoms with Crippen molar-refractivity contribution in [1.29, 1.82) is 0 Å². The lowest BCUT2D eigenvalue weighted by atomic mass is 9.99. The first-order valence-electron chi connectivity index (χ1n) is 10.3. The second-order valence-electron chi connectivity index (χ2n) is 7.97. The van der Waals surface area contributed by atoms with Crippen molar-refractivity contribution in [3.63, 3.8) is 0 Å². The fourth-order valence-corrected chi connectivity index (χ4v) is 4.45. The van der Waals surface area contributed by atoms with Crippen LogP contribution in [0.2, 0.25) is 0 Å². The van der Waals surface area contributed by atoms with E-state index in [1.807, 2.05) is 31.2 Å². The van der Waals surface area contributed by atoms with Gasteiger partial charge < -0.3 is 19.0 Å². The summed E-state index contributed by atoms with van der Waals surface area (Å²) in [7, 11) is 0. The van der Waals surface area contributed by atoms with Gasteiger partial charge in [-0.3, -0.25) is 14.6 Å². The number of quaternary nitrogens is 1. The van der Waals surface area contributed by atoms with Crippen molar-refractivity contribution in [2.45, 2.75) is 13.0 Å². The quantitative estimate of drug-likeness (QED) is 0.698. The van der Waals surface area contributed by atoms with Gasteiger partial charge in [-0.05, 0) is 36.8 Å². The third-order valence-corrected chi connectivity index (χ3v) is 6.05. The molecular weight excluding hydrogens is 382 g/mol. The highest BCUT2D eigenvalue weighted by Crippen LogP contribution is 2.37. The van der Waals surface area contributed by atoms with Gasteiger partial charge in [0.15, 0.2) is 5.43 Å². The first kappa shape index (κ1) is 19.0. The standard InChI is InChI=1S/C23H23N3O4/c1-15-2-3-18-17(14-15)21(27)19-20(16-4-6-24-7-5-16)26(23(28)22(19)30-18)9-8-25-10-12-29-13-11-25/h2-7,14,20H,8-13H2,1H3/p+1/t20-/m0/s1. The molecule has 0 spiro atoms. The Hall–Kier alpha value is -3.03. The topological polar surface area (TPSA) is 77.1 Å². The third-order valence-electron chi connectivity index (χ3n) is 6.05. The van der Waals surface area contributed by atoms with Crippen molar-refractivity contribution >= 4 is 16.9 Å². The molecule has 1 saturated heterocycles. The maximum absolute atomic E-state index is 13.5. The number of pyridine rings is 1. The number of morpholine rings is 1. The molecule has 30 heavy (non-hydrogen) atoms. The smallest absolute Gasteiger partial charge is 0.291 e. The monoisotopic (exact) mass is 406 g/mol. The number of carbonyl (C=O) groups is 1. The minimum absolute atomic E-state index is 0.133. The van der Waals surface area contributed by atoms with E-state index in [1.165, 1.54) is 4.90 Å². The molecule has 1 fully saturated rings. The second-order valence-corrected chi connectivity index (χ2v) is 7.97. The fourth-order valence-electron chi connectivity index (χ4n) is 4.45. The van der Waals surface area contributed by atoms with Crippen LogP contribution in [0.4, 0.5) is 0 Å². The lowest BCUT2D eigenvalue weighted by Crippen LogP contribution is -3.14. The molecule has 7 nitrogen and oxygen atoms in total. The number of aryl methyl sites for hydroxylation is 1. The van der Waals surface area contributed by atoms with Gasteiger partial charge >= 0.3 is 0 Å². The molecule has 4 heterocycles. The van der Waals surface area contributed by atoms with E-state index in [-0.39, 0.29) is 17.1 Å². The van der Waals surface area contributed by atoms with E-state index < -0.39 is 6.04 Å². The Morgan fingerprint density at radius 1 is 1.13 bits per heavy atom. The van der Waals surface area contributed by atoms with Crippen LogP contribution in [0.15, 0.2) is 51.9 Å². The minimum Gasteiger partial charge on any atom is -0.450 e. The number of hydrogen-bond acceptors (Lipinski definition) is 5. The van der Waals surface area contributed by atoms with Crippen molar-refractivity contribution in [2.75, 3.05) is 39.4 Å². The summed E-state index contributed by atoms with van der Waals surface area (Å²) in [4.78, 5) is 34.1. The van der Waals surface area contributed by atoms with E-state index in [0.29, 0.717) is 23.1 Å². The van der Waals surface area contributed by atoms with E-state index in [0.717, 1.165) is 44.0 Å². The van der Waals surface area contributed by atoms with Gasteiger partial charge in [-0.15, -0.1) is 0 Å². The molecule has 1 atom stereocenters. The van der Waals surface area contributed by atoms with Crippen LogP contribution in [0.3, 0.4) is 0 Å². The normalized spacial score (nSPS) is 19.4. The highest BCUT2D eigenvalue weighted by Gasteiger charge is 2.43. The average Bonchev–Trinajstić information content (AvgIpc) is 3.06. The van der Waals surface area contributed by atoms with Crippen LogP contribution >= 0.6 is 0 Å². The zero-order valence-electron chi connectivity index (χ0n) is 16.9. The van der Waals surface area contributed by atoms with Gasteiger partial charge in [-0.25, -0.2) is 0 Å². The van der Waals surface area contributed by atoms with Crippen molar-refractivity contribution in [3.05, 3.63) is 75.4 Å². The van der Waals surface area contributed by atoms with E-state index in [1.54, 1.807) is 23.4 Å². The predicted molar refractivity (Wildman–Crippen MR) is 111 cm³/mol. The molecule has 1 amide bonds. The summed E-state index contributed by atoms with van der Waals surface area (Å²) in [5.74, 6) is -0.0609. The maximum Gasteiger partial charge on any atom is 0.291 e. The van der Waals surface area contributed by atoms with E-state index in [2.05, 4.69) is 4.98 Å². The van der Waals surface area contributed by atoms with Gasteiger partial charge in [0.2, 0.25) is 5.76 Å². The zero-order chi connectivity index (χ0) is 20.7. The second kappa shape index (κ2) is 7.66. The number of carbonyl (C=O) groups excluding carboxylic acids is 1. The summed E-state index contributed by atoms with van der Waals surface area (Å²) in [6.45, 7) is 6.61. The Bertz CT molecular complexity index is 1150. The first-order chi connectivity index (χ1) is 14.6. The zero-order valence-corrected chi connectivity index (χ0v) is 16.9. The molecule has 154 valence electrons. The van der Waals surface area contributed by atoms with Crippen molar-refractivity contribution in [2.24, 2.45) is 0 Å². The van der Waals surface area contributed by atoms with Gasteiger partial charge in [-0.1, -0.05) is 11.6 Å². The highest BCUT2D eigenvalue weighted by molar-refractivity contribution is 5.99. The van der Waals surface area contributed by atoms with Crippen LogP contribution in [-0.2, 0) is 4.74 Å². The van der Waals surface area contributed by atoms with Crippen molar-refractivity contribution in [3.8, 4) is 0 Å². The summed E-state index contributed by atoms with van der Waals surface area (Å²) >= 11 is 0. The van der Waals surface area contributed by atoms with Gasteiger partial charge in [0.05, 0.1) is 43.3 Å². The number of fused-ring (bicyclic) bond motifs is 2. The molecule has 1 aromatic carbocycles. The number of benzene rings is 1. The fraction of sp³-hybridized carbons (Fsp3) is 0.348. The van der Waals surface area contributed by atoms with Gasteiger partial charge in [-0.2, -0.15) is 0 Å². The molecule has 0 radical (unpaired) electrons. The summed E-state index contributed by atoms with van der Waals surface area (Å²) in [6, 6.07) is 8.75. The van der Waals surface area contributed by atoms with E-state index in [4.69, 9.17) is 9.15 Å². The number of hydrogen-bond donors (Lipinski definition) is 1. The van der Waals surface area contributed by atoms with Crippen LogP contribution in [0.25, 0.3) is 11.0 Å². The Morgan fingerprint density at radius 2 is 1.90 bits per heavy atom. The first-order valence-corrected chi connectivity index (χ1v) is 10.3. The molecular formula is C23H24N3O4+. The number of amides is 1. The Balaban J connectivity index is 1.60. The summed E-state index contributed by atoms with van der Waals surface area (Å²) in [6.07, 6.45) is 3.38. The van der Waals surface area contributed by atoms with E-state index >= 15 is 0 Å². The molecule has 0 saturated carbocycles. The molecule has 1 N–H and O–H groups in total. The van der Waals surface area contributed by atoms with Gasteiger partial charge in [0.25, 0.3) is 5.91 Å². The Labute approximate surface area is 173 Å². The number of rotatable bonds is 4.